The topological polar surface area (TPSA) is 102 Å². The lowest BCUT2D eigenvalue weighted by Gasteiger charge is -2.20. The summed E-state index contributed by atoms with van der Waals surface area (Å²) in [6, 6.07) is 11.9. The number of halogens is 1. The number of sulfonamides is 1. The van der Waals surface area contributed by atoms with E-state index >= 15 is 0 Å². The number of amides is 1. The van der Waals surface area contributed by atoms with Crippen LogP contribution in [0.5, 0.6) is 0 Å². The molecular formula is C19H21FN2O5S. The van der Waals surface area contributed by atoms with Crippen LogP contribution in [0, 0.1) is 11.7 Å². The van der Waals surface area contributed by atoms with Crippen LogP contribution in [0.25, 0.3) is 0 Å². The van der Waals surface area contributed by atoms with Gasteiger partial charge >= 0.3 is 5.97 Å². The number of esters is 1. The standard InChI is InChI=1S/C19H21FN2O5S/c1-13(2)18(22-28(25,26)14-8-4-3-5-9-14)19(24)27-12-17(23)21-16-11-7-6-10-15(16)20/h3-11,13,18,22H,12H2,1-2H3,(H,21,23)/t18-/m0/s1. The van der Waals surface area contributed by atoms with Gasteiger partial charge < -0.3 is 10.1 Å². The van der Waals surface area contributed by atoms with Crippen molar-refractivity contribution < 1.29 is 27.1 Å². The van der Waals surface area contributed by atoms with Crippen LogP contribution in [-0.2, 0) is 24.3 Å². The van der Waals surface area contributed by atoms with E-state index in [0.29, 0.717) is 0 Å². The predicted octanol–water partition coefficient (Wildman–Crippen LogP) is 2.31. The summed E-state index contributed by atoms with van der Waals surface area (Å²) in [6.45, 7) is 2.60. The molecule has 150 valence electrons. The van der Waals surface area contributed by atoms with Crippen molar-refractivity contribution in [3.63, 3.8) is 0 Å². The highest BCUT2D eigenvalue weighted by Crippen LogP contribution is 2.14. The second kappa shape index (κ2) is 9.43. The van der Waals surface area contributed by atoms with E-state index in [9.17, 15) is 22.4 Å². The average Bonchev–Trinajstić information content (AvgIpc) is 2.66. The van der Waals surface area contributed by atoms with E-state index in [4.69, 9.17) is 4.74 Å². The number of carbonyl (C=O) groups excluding carboxylic acids is 2. The molecule has 0 aliphatic carbocycles. The molecule has 0 fully saturated rings. The fraction of sp³-hybridized carbons (Fsp3) is 0.263. The Kier molecular flexibility index (Phi) is 7.24. The molecule has 0 bridgehead atoms. The quantitative estimate of drug-likeness (QED) is 0.653. The smallest absolute Gasteiger partial charge is 0.324 e. The Morgan fingerprint density at radius 1 is 1.04 bits per heavy atom. The number of hydrogen-bond donors (Lipinski definition) is 2. The minimum Gasteiger partial charge on any atom is -0.454 e. The highest BCUT2D eigenvalue weighted by molar-refractivity contribution is 7.89. The Bertz CT molecular complexity index is 932. The number of carbonyl (C=O) groups is 2. The van der Waals surface area contributed by atoms with Gasteiger partial charge in [-0.25, -0.2) is 12.8 Å². The van der Waals surface area contributed by atoms with Crippen LogP contribution in [-0.4, -0.2) is 32.9 Å². The van der Waals surface area contributed by atoms with Crippen LogP contribution in [0.1, 0.15) is 13.8 Å². The second-order valence-corrected chi connectivity index (χ2v) is 8.01. The molecule has 1 amide bonds. The number of ether oxygens (including phenoxy) is 1. The van der Waals surface area contributed by atoms with Gasteiger partial charge in [-0.3, -0.25) is 9.59 Å². The fourth-order valence-electron chi connectivity index (χ4n) is 2.27. The first-order chi connectivity index (χ1) is 13.2. The molecule has 0 heterocycles. The molecule has 0 aromatic heterocycles. The number of rotatable bonds is 8. The molecule has 0 unspecified atom stereocenters. The molecule has 2 aromatic carbocycles. The van der Waals surface area contributed by atoms with E-state index in [1.54, 1.807) is 32.0 Å². The van der Waals surface area contributed by atoms with Crippen molar-refractivity contribution in [3.05, 3.63) is 60.4 Å². The van der Waals surface area contributed by atoms with Crippen LogP contribution in [0.15, 0.2) is 59.5 Å². The lowest BCUT2D eigenvalue weighted by atomic mass is 10.1. The summed E-state index contributed by atoms with van der Waals surface area (Å²) in [5.74, 6) is -2.71. The summed E-state index contributed by atoms with van der Waals surface area (Å²) in [4.78, 5) is 24.2. The van der Waals surface area contributed by atoms with Crippen molar-refractivity contribution in [1.82, 2.24) is 4.72 Å². The van der Waals surface area contributed by atoms with Gasteiger partial charge in [-0.1, -0.05) is 44.2 Å². The summed E-state index contributed by atoms with van der Waals surface area (Å²) in [6.07, 6.45) is 0. The third-order valence-corrected chi connectivity index (χ3v) is 5.21. The molecule has 0 saturated carbocycles. The number of benzene rings is 2. The van der Waals surface area contributed by atoms with Crippen LogP contribution < -0.4 is 10.0 Å². The van der Waals surface area contributed by atoms with E-state index in [2.05, 4.69) is 10.0 Å². The van der Waals surface area contributed by atoms with Crippen LogP contribution >= 0.6 is 0 Å². The molecule has 0 aliphatic rings. The number of nitrogens with one attached hydrogen (secondary N) is 2. The molecule has 0 radical (unpaired) electrons. The van der Waals surface area contributed by atoms with Gasteiger partial charge in [-0.2, -0.15) is 4.72 Å². The SMILES string of the molecule is CC(C)[C@H](NS(=O)(=O)c1ccccc1)C(=O)OCC(=O)Nc1ccccc1F. The Hall–Kier alpha value is -2.78. The highest BCUT2D eigenvalue weighted by Gasteiger charge is 2.30. The van der Waals surface area contributed by atoms with Crippen LogP contribution in [0.4, 0.5) is 10.1 Å². The van der Waals surface area contributed by atoms with E-state index in [0.717, 1.165) is 0 Å². The van der Waals surface area contributed by atoms with Gasteiger partial charge in [0.25, 0.3) is 5.91 Å². The predicted molar refractivity (Wildman–Crippen MR) is 101 cm³/mol. The molecule has 2 N–H and O–H groups in total. The molecular weight excluding hydrogens is 387 g/mol. The van der Waals surface area contributed by atoms with Gasteiger partial charge in [0, 0.05) is 0 Å². The van der Waals surface area contributed by atoms with Crippen molar-refractivity contribution in [2.45, 2.75) is 24.8 Å². The Morgan fingerprint density at radius 3 is 2.25 bits per heavy atom. The van der Waals surface area contributed by atoms with Crippen LogP contribution in [0.3, 0.4) is 0 Å². The van der Waals surface area contributed by atoms with E-state index < -0.39 is 46.3 Å². The van der Waals surface area contributed by atoms with Gasteiger partial charge in [0.15, 0.2) is 6.61 Å². The minimum absolute atomic E-state index is 0.00532. The van der Waals surface area contributed by atoms with Crippen LogP contribution in [0.2, 0.25) is 0 Å². The maximum Gasteiger partial charge on any atom is 0.324 e. The highest BCUT2D eigenvalue weighted by atomic mass is 32.2. The fourth-order valence-corrected chi connectivity index (χ4v) is 3.62. The molecule has 2 rings (SSSR count). The van der Waals surface area contributed by atoms with E-state index in [-0.39, 0.29) is 10.6 Å². The van der Waals surface area contributed by atoms with Crippen molar-refractivity contribution >= 4 is 27.6 Å². The summed E-state index contributed by atoms with van der Waals surface area (Å²) in [5.41, 5.74) is -0.0475. The van der Waals surface area contributed by atoms with Crippen molar-refractivity contribution in [2.75, 3.05) is 11.9 Å². The number of anilines is 1. The van der Waals surface area contributed by atoms with Gasteiger partial charge in [-0.15, -0.1) is 0 Å². The first kappa shape index (κ1) is 21.5. The largest absolute Gasteiger partial charge is 0.454 e. The molecule has 9 heteroatoms. The first-order valence-corrected chi connectivity index (χ1v) is 9.97. The van der Waals surface area contributed by atoms with Gasteiger partial charge in [-0.05, 0) is 30.2 Å². The third kappa shape index (κ3) is 5.86. The number of hydrogen-bond acceptors (Lipinski definition) is 5. The van der Waals surface area contributed by atoms with Crippen molar-refractivity contribution in [1.29, 1.82) is 0 Å². The van der Waals surface area contributed by atoms with Crippen molar-refractivity contribution in [3.8, 4) is 0 Å². The molecule has 7 nitrogen and oxygen atoms in total. The summed E-state index contributed by atoms with van der Waals surface area (Å²) in [7, 11) is -3.94. The molecule has 0 spiro atoms. The Labute approximate surface area is 163 Å². The first-order valence-electron chi connectivity index (χ1n) is 8.49. The maximum absolute atomic E-state index is 13.5. The zero-order valence-electron chi connectivity index (χ0n) is 15.4. The molecule has 28 heavy (non-hydrogen) atoms. The third-order valence-electron chi connectivity index (χ3n) is 3.75. The van der Waals surface area contributed by atoms with Crippen molar-refractivity contribution in [2.24, 2.45) is 5.92 Å². The molecule has 0 saturated heterocycles. The van der Waals surface area contributed by atoms with E-state index in [1.165, 1.54) is 36.4 Å². The van der Waals surface area contributed by atoms with E-state index in [1.807, 2.05) is 0 Å². The normalized spacial score (nSPS) is 12.4. The lowest BCUT2D eigenvalue weighted by molar-refractivity contribution is -0.150. The average molecular weight is 408 g/mol. The lowest BCUT2D eigenvalue weighted by Crippen LogP contribution is -2.45. The zero-order chi connectivity index (χ0) is 20.7. The van der Waals surface area contributed by atoms with Gasteiger partial charge in [0.2, 0.25) is 10.0 Å². The van der Waals surface area contributed by atoms with Gasteiger partial charge in [0.1, 0.15) is 11.9 Å². The summed E-state index contributed by atoms with van der Waals surface area (Å²) >= 11 is 0. The summed E-state index contributed by atoms with van der Waals surface area (Å²) in [5, 5.41) is 2.28. The zero-order valence-corrected chi connectivity index (χ0v) is 16.2. The monoisotopic (exact) mass is 408 g/mol. The summed E-state index contributed by atoms with van der Waals surface area (Å²) < 4.78 is 45.6. The maximum atomic E-state index is 13.5. The minimum atomic E-state index is -3.94. The van der Waals surface area contributed by atoms with Gasteiger partial charge in [0.05, 0.1) is 10.6 Å². The number of para-hydroxylation sites is 1. The molecule has 1 atom stereocenters. The Morgan fingerprint density at radius 2 is 1.64 bits per heavy atom. The molecule has 2 aromatic rings. The molecule has 0 aliphatic heterocycles. The Balaban J connectivity index is 1.99. The second-order valence-electron chi connectivity index (χ2n) is 6.29.